The highest BCUT2D eigenvalue weighted by Gasteiger charge is 2.25. The Labute approximate surface area is 94.7 Å². The molecule has 0 aromatic heterocycles. The van der Waals surface area contributed by atoms with E-state index in [2.05, 4.69) is 25.7 Å². The molecule has 90 valence electrons. The zero-order chi connectivity index (χ0) is 11.3. The predicted octanol–water partition coefficient (Wildman–Crippen LogP) is 2.52. The van der Waals surface area contributed by atoms with Crippen LogP contribution in [-0.4, -0.2) is 36.2 Å². The first kappa shape index (κ1) is 13.0. The van der Waals surface area contributed by atoms with E-state index in [1.54, 1.807) is 0 Å². The number of hydrogen-bond acceptors (Lipinski definition) is 2. The number of likely N-dealkylation sites (tertiary alicyclic amines) is 1. The van der Waals surface area contributed by atoms with Gasteiger partial charge in [0.05, 0.1) is 0 Å². The van der Waals surface area contributed by atoms with Crippen LogP contribution < -0.4 is 0 Å². The van der Waals surface area contributed by atoms with Crippen molar-refractivity contribution in [2.24, 2.45) is 11.3 Å². The lowest BCUT2D eigenvalue weighted by atomic mass is 9.88. The van der Waals surface area contributed by atoms with Crippen molar-refractivity contribution in [1.29, 1.82) is 0 Å². The molecule has 0 aromatic carbocycles. The van der Waals surface area contributed by atoms with Crippen molar-refractivity contribution in [2.45, 2.75) is 46.5 Å². The molecule has 0 amide bonds. The molecule has 1 N–H and O–H groups in total. The average molecular weight is 213 g/mol. The summed E-state index contributed by atoms with van der Waals surface area (Å²) in [6.45, 7) is 10.5. The first-order valence-corrected chi connectivity index (χ1v) is 6.43. The maximum atomic E-state index is 9.41. The van der Waals surface area contributed by atoms with Crippen LogP contribution in [0.3, 0.4) is 0 Å². The third-order valence-corrected chi connectivity index (χ3v) is 3.95. The number of aliphatic hydroxyl groups excluding tert-OH is 1. The molecule has 0 radical (unpaired) electrons. The summed E-state index contributed by atoms with van der Waals surface area (Å²) < 4.78 is 0. The van der Waals surface area contributed by atoms with E-state index >= 15 is 0 Å². The van der Waals surface area contributed by atoms with Crippen molar-refractivity contribution in [3.63, 3.8) is 0 Å². The minimum Gasteiger partial charge on any atom is -0.396 e. The zero-order valence-corrected chi connectivity index (χ0v) is 10.6. The Bertz CT molecular complexity index is 177. The first-order chi connectivity index (χ1) is 7.09. The molecule has 15 heavy (non-hydrogen) atoms. The van der Waals surface area contributed by atoms with Gasteiger partial charge in [0.15, 0.2) is 0 Å². The van der Waals surface area contributed by atoms with Crippen molar-refractivity contribution in [3.05, 3.63) is 0 Å². The van der Waals surface area contributed by atoms with Gasteiger partial charge in [-0.15, -0.1) is 0 Å². The Morgan fingerprint density at radius 1 is 1.33 bits per heavy atom. The van der Waals surface area contributed by atoms with Crippen molar-refractivity contribution < 1.29 is 5.11 Å². The fourth-order valence-corrected chi connectivity index (χ4v) is 2.29. The van der Waals surface area contributed by atoms with Crippen molar-refractivity contribution in [1.82, 2.24) is 4.90 Å². The van der Waals surface area contributed by atoms with Crippen LogP contribution in [-0.2, 0) is 0 Å². The van der Waals surface area contributed by atoms with E-state index in [1.165, 1.54) is 32.4 Å². The smallest absolute Gasteiger partial charge is 0.0496 e. The highest BCUT2D eigenvalue weighted by atomic mass is 16.3. The van der Waals surface area contributed by atoms with Crippen molar-refractivity contribution in [3.8, 4) is 0 Å². The standard InChI is InChI=1S/C13H27NO/c1-4-13(3,11-15)10-14-8-5-6-12(2)7-9-14/h12,15H,4-11H2,1-3H3. The molecule has 0 aromatic rings. The summed E-state index contributed by atoms with van der Waals surface area (Å²) in [4.78, 5) is 2.54. The molecule has 2 nitrogen and oxygen atoms in total. The minimum atomic E-state index is 0.105. The topological polar surface area (TPSA) is 23.5 Å². The third kappa shape index (κ3) is 4.12. The van der Waals surface area contributed by atoms with Gasteiger partial charge in [0.1, 0.15) is 0 Å². The summed E-state index contributed by atoms with van der Waals surface area (Å²) in [6, 6.07) is 0. The van der Waals surface area contributed by atoms with E-state index in [0.717, 1.165) is 18.9 Å². The van der Waals surface area contributed by atoms with Gasteiger partial charge in [0.25, 0.3) is 0 Å². The second-order valence-corrected chi connectivity index (χ2v) is 5.63. The van der Waals surface area contributed by atoms with Gasteiger partial charge < -0.3 is 10.0 Å². The molecule has 1 rings (SSSR count). The molecule has 1 aliphatic rings. The van der Waals surface area contributed by atoms with Crippen LogP contribution in [0.4, 0.5) is 0 Å². The first-order valence-electron chi connectivity index (χ1n) is 6.43. The number of nitrogens with zero attached hydrogens (tertiary/aromatic N) is 1. The van der Waals surface area contributed by atoms with Gasteiger partial charge in [-0.1, -0.05) is 20.8 Å². The molecular formula is C13H27NO. The van der Waals surface area contributed by atoms with Gasteiger partial charge >= 0.3 is 0 Å². The lowest BCUT2D eigenvalue weighted by Crippen LogP contribution is -2.38. The number of rotatable bonds is 4. The van der Waals surface area contributed by atoms with Crippen LogP contribution in [0, 0.1) is 11.3 Å². The van der Waals surface area contributed by atoms with Gasteiger partial charge in [-0.05, 0) is 44.7 Å². The Kier molecular flexibility index (Phi) is 5.07. The van der Waals surface area contributed by atoms with Crippen LogP contribution in [0.15, 0.2) is 0 Å². The molecule has 1 saturated heterocycles. The minimum absolute atomic E-state index is 0.105. The molecule has 0 saturated carbocycles. The quantitative estimate of drug-likeness (QED) is 0.775. The SMILES string of the molecule is CCC(C)(CO)CN1CCCC(C)CC1. The maximum absolute atomic E-state index is 9.41. The zero-order valence-electron chi connectivity index (χ0n) is 10.6. The Balaban J connectivity index is 2.43. The van der Waals surface area contributed by atoms with E-state index in [0.29, 0.717) is 6.61 Å². The number of hydrogen-bond donors (Lipinski definition) is 1. The van der Waals surface area contributed by atoms with Crippen LogP contribution in [0.5, 0.6) is 0 Å². The van der Waals surface area contributed by atoms with E-state index in [-0.39, 0.29) is 5.41 Å². The maximum Gasteiger partial charge on any atom is 0.0496 e. The molecule has 2 unspecified atom stereocenters. The molecule has 0 spiro atoms. The average Bonchev–Trinajstić information content (AvgIpc) is 2.44. The Hall–Kier alpha value is -0.0800. The molecule has 0 bridgehead atoms. The van der Waals surface area contributed by atoms with E-state index in [4.69, 9.17) is 0 Å². The molecule has 2 atom stereocenters. The summed E-state index contributed by atoms with van der Waals surface area (Å²) >= 11 is 0. The van der Waals surface area contributed by atoms with Gasteiger partial charge in [0.2, 0.25) is 0 Å². The van der Waals surface area contributed by atoms with Gasteiger partial charge in [-0.25, -0.2) is 0 Å². The van der Waals surface area contributed by atoms with E-state index in [9.17, 15) is 5.11 Å². The monoisotopic (exact) mass is 213 g/mol. The summed E-state index contributed by atoms with van der Waals surface area (Å²) in [7, 11) is 0. The fourth-order valence-electron chi connectivity index (χ4n) is 2.29. The predicted molar refractivity (Wildman–Crippen MR) is 64.9 cm³/mol. The number of aliphatic hydroxyl groups is 1. The third-order valence-electron chi connectivity index (χ3n) is 3.95. The molecule has 1 fully saturated rings. The highest BCUT2D eigenvalue weighted by Crippen LogP contribution is 2.24. The lowest BCUT2D eigenvalue weighted by Gasteiger charge is -2.32. The lowest BCUT2D eigenvalue weighted by molar-refractivity contribution is 0.0857. The van der Waals surface area contributed by atoms with Gasteiger partial charge in [-0.2, -0.15) is 0 Å². The second-order valence-electron chi connectivity index (χ2n) is 5.63. The Morgan fingerprint density at radius 3 is 2.67 bits per heavy atom. The molecule has 0 aliphatic carbocycles. The Morgan fingerprint density at radius 2 is 2.07 bits per heavy atom. The normalized spacial score (nSPS) is 28.4. The summed E-state index contributed by atoms with van der Waals surface area (Å²) in [5, 5.41) is 9.41. The summed E-state index contributed by atoms with van der Waals surface area (Å²) in [6.07, 6.45) is 5.09. The van der Waals surface area contributed by atoms with Crippen molar-refractivity contribution in [2.75, 3.05) is 26.2 Å². The highest BCUT2D eigenvalue weighted by molar-refractivity contribution is 4.78. The largest absolute Gasteiger partial charge is 0.396 e. The summed E-state index contributed by atoms with van der Waals surface area (Å²) in [5.41, 5.74) is 0.105. The van der Waals surface area contributed by atoms with Gasteiger partial charge in [0, 0.05) is 18.6 Å². The van der Waals surface area contributed by atoms with Gasteiger partial charge in [-0.3, -0.25) is 0 Å². The molecule has 2 heteroatoms. The van der Waals surface area contributed by atoms with E-state index in [1.807, 2.05) is 0 Å². The van der Waals surface area contributed by atoms with E-state index < -0.39 is 0 Å². The van der Waals surface area contributed by atoms with Crippen LogP contribution >= 0.6 is 0 Å². The second kappa shape index (κ2) is 5.86. The van der Waals surface area contributed by atoms with Crippen LogP contribution in [0.25, 0.3) is 0 Å². The fraction of sp³-hybridized carbons (Fsp3) is 1.00. The molecular weight excluding hydrogens is 186 g/mol. The molecule has 1 aliphatic heterocycles. The van der Waals surface area contributed by atoms with Crippen LogP contribution in [0.2, 0.25) is 0 Å². The van der Waals surface area contributed by atoms with Crippen LogP contribution in [0.1, 0.15) is 46.5 Å². The van der Waals surface area contributed by atoms with Crippen molar-refractivity contribution >= 4 is 0 Å². The summed E-state index contributed by atoms with van der Waals surface area (Å²) in [5.74, 6) is 0.886. The molecule has 1 heterocycles.